The van der Waals surface area contributed by atoms with Gasteiger partial charge in [-0.1, -0.05) is 74.9 Å². The van der Waals surface area contributed by atoms with Gasteiger partial charge in [0.25, 0.3) is 5.69 Å². The second kappa shape index (κ2) is 12.3. The summed E-state index contributed by atoms with van der Waals surface area (Å²) in [5.41, 5.74) is 2.99. The molecule has 3 aromatic carbocycles. The maximum Gasteiger partial charge on any atom is 0.269 e. The number of nitro benzene ring substituents is 1. The topological polar surface area (TPSA) is 102 Å². The molecule has 0 aliphatic rings. The van der Waals surface area contributed by atoms with Crippen molar-refractivity contribution in [3.8, 4) is 0 Å². The van der Waals surface area contributed by atoms with Gasteiger partial charge in [-0.2, -0.15) is 0 Å². The standard InChI is InChI=1S/C29H33N5O3/c1-3-21(2)28(18-30-16-24-9-6-8-23-7-4-5-10-27(23)24)32-29(35)15-26-17-31-20-33(26)19-22-11-13-25(14-12-22)34(36)37/h4-14,17,20-21,28,30H,3,15-16,18-19H2,1-2H3,(H,32,35)/t21-,28+/m0/s1. The first-order valence-electron chi connectivity index (χ1n) is 12.6. The van der Waals surface area contributed by atoms with Crippen molar-refractivity contribution in [2.75, 3.05) is 6.54 Å². The summed E-state index contributed by atoms with van der Waals surface area (Å²) in [5.74, 6) is 0.261. The highest BCUT2D eigenvalue weighted by Gasteiger charge is 2.19. The number of carbonyl (C=O) groups excluding carboxylic acids is 1. The second-order valence-corrected chi connectivity index (χ2v) is 9.44. The van der Waals surface area contributed by atoms with Crippen LogP contribution in [0.5, 0.6) is 0 Å². The fourth-order valence-corrected chi connectivity index (χ4v) is 4.47. The Morgan fingerprint density at radius 3 is 2.59 bits per heavy atom. The van der Waals surface area contributed by atoms with Gasteiger partial charge in [-0.15, -0.1) is 0 Å². The quantitative estimate of drug-likeness (QED) is 0.214. The van der Waals surface area contributed by atoms with Gasteiger partial charge in [0.15, 0.2) is 0 Å². The fraction of sp³-hybridized carbons (Fsp3) is 0.310. The lowest BCUT2D eigenvalue weighted by Gasteiger charge is -2.25. The van der Waals surface area contributed by atoms with Crippen LogP contribution in [-0.2, 0) is 24.3 Å². The van der Waals surface area contributed by atoms with Gasteiger partial charge in [-0.25, -0.2) is 4.98 Å². The number of hydrogen-bond acceptors (Lipinski definition) is 5. The number of nitrogens with zero attached hydrogens (tertiary/aromatic N) is 3. The highest BCUT2D eigenvalue weighted by Crippen LogP contribution is 2.19. The maximum atomic E-state index is 13.0. The highest BCUT2D eigenvalue weighted by molar-refractivity contribution is 5.85. The number of amides is 1. The number of carbonyl (C=O) groups is 1. The normalized spacial score (nSPS) is 12.8. The number of imidazole rings is 1. The van der Waals surface area contributed by atoms with E-state index in [1.165, 1.54) is 28.5 Å². The molecule has 0 bridgehead atoms. The second-order valence-electron chi connectivity index (χ2n) is 9.44. The van der Waals surface area contributed by atoms with Crippen molar-refractivity contribution in [2.24, 2.45) is 5.92 Å². The molecule has 192 valence electrons. The third-order valence-corrected chi connectivity index (χ3v) is 6.88. The number of aromatic nitrogens is 2. The number of non-ortho nitro benzene ring substituents is 1. The molecule has 0 saturated heterocycles. The monoisotopic (exact) mass is 499 g/mol. The van der Waals surface area contributed by atoms with Crippen LogP contribution in [0.15, 0.2) is 79.3 Å². The molecule has 8 heteroatoms. The fourth-order valence-electron chi connectivity index (χ4n) is 4.47. The molecule has 37 heavy (non-hydrogen) atoms. The van der Waals surface area contributed by atoms with Crippen LogP contribution in [-0.4, -0.2) is 33.0 Å². The molecule has 0 radical (unpaired) electrons. The van der Waals surface area contributed by atoms with E-state index in [-0.39, 0.29) is 24.1 Å². The Morgan fingerprint density at radius 1 is 1.08 bits per heavy atom. The van der Waals surface area contributed by atoms with Crippen LogP contribution in [0.1, 0.15) is 37.1 Å². The minimum Gasteiger partial charge on any atom is -0.351 e. The van der Waals surface area contributed by atoms with Crippen molar-refractivity contribution >= 4 is 22.4 Å². The lowest BCUT2D eigenvalue weighted by molar-refractivity contribution is -0.384. The zero-order chi connectivity index (χ0) is 26.2. The molecule has 4 aromatic rings. The minimum absolute atomic E-state index is 0.00137. The van der Waals surface area contributed by atoms with Gasteiger partial charge in [-0.3, -0.25) is 14.9 Å². The predicted octanol–water partition coefficient (Wildman–Crippen LogP) is 4.86. The summed E-state index contributed by atoms with van der Waals surface area (Å²) < 4.78 is 1.90. The Hall–Kier alpha value is -4.04. The van der Waals surface area contributed by atoms with Crippen LogP contribution < -0.4 is 10.6 Å². The Kier molecular flexibility index (Phi) is 8.64. The molecule has 1 amide bonds. The third kappa shape index (κ3) is 6.80. The molecule has 0 unspecified atom stereocenters. The summed E-state index contributed by atoms with van der Waals surface area (Å²) in [7, 11) is 0. The molecule has 2 atom stereocenters. The number of nitro groups is 1. The molecule has 0 aliphatic heterocycles. The van der Waals surface area contributed by atoms with E-state index in [0.717, 1.165) is 24.2 Å². The van der Waals surface area contributed by atoms with E-state index in [1.54, 1.807) is 24.7 Å². The summed E-state index contributed by atoms with van der Waals surface area (Å²) in [4.78, 5) is 27.7. The summed E-state index contributed by atoms with van der Waals surface area (Å²) in [6, 6.07) is 21.1. The summed E-state index contributed by atoms with van der Waals surface area (Å²) >= 11 is 0. The van der Waals surface area contributed by atoms with Gasteiger partial charge in [0.05, 0.1) is 17.7 Å². The molecular formula is C29H33N5O3. The molecule has 1 heterocycles. The van der Waals surface area contributed by atoms with Crippen molar-refractivity contribution in [3.05, 3.63) is 106 Å². The number of hydrogen-bond donors (Lipinski definition) is 2. The largest absolute Gasteiger partial charge is 0.351 e. The molecule has 2 N–H and O–H groups in total. The van der Waals surface area contributed by atoms with Gasteiger partial charge in [0.2, 0.25) is 5.91 Å². The van der Waals surface area contributed by atoms with Crippen molar-refractivity contribution in [3.63, 3.8) is 0 Å². The van der Waals surface area contributed by atoms with E-state index in [0.29, 0.717) is 19.0 Å². The lowest BCUT2D eigenvalue weighted by atomic mass is 9.98. The number of rotatable bonds is 12. The zero-order valence-corrected chi connectivity index (χ0v) is 21.3. The van der Waals surface area contributed by atoms with Crippen LogP contribution in [0.3, 0.4) is 0 Å². The third-order valence-electron chi connectivity index (χ3n) is 6.88. The summed E-state index contributed by atoms with van der Waals surface area (Å²) in [5, 5.41) is 20.1. The van der Waals surface area contributed by atoms with Crippen molar-refractivity contribution < 1.29 is 9.72 Å². The average Bonchev–Trinajstić information content (AvgIpc) is 3.34. The van der Waals surface area contributed by atoms with Crippen molar-refractivity contribution in [2.45, 2.75) is 45.8 Å². The van der Waals surface area contributed by atoms with E-state index in [2.05, 4.69) is 65.9 Å². The summed E-state index contributed by atoms with van der Waals surface area (Å²) in [6.07, 6.45) is 4.55. The van der Waals surface area contributed by atoms with Gasteiger partial charge in [-0.05, 0) is 27.8 Å². The Labute approximate surface area is 216 Å². The molecule has 0 aliphatic carbocycles. The minimum atomic E-state index is -0.415. The first-order valence-corrected chi connectivity index (χ1v) is 12.6. The Morgan fingerprint density at radius 2 is 1.84 bits per heavy atom. The van der Waals surface area contributed by atoms with Crippen molar-refractivity contribution in [1.29, 1.82) is 0 Å². The molecule has 0 fully saturated rings. The molecule has 0 spiro atoms. The zero-order valence-electron chi connectivity index (χ0n) is 21.3. The van der Waals surface area contributed by atoms with E-state index in [1.807, 2.05) is 10.6 Å². The summed E-state index contributed by atoms with van der Waals surface area (Å²) in [6.45, 7) is 6.18. The van der Waals surface area contributed by atoms with Gasteiger partial charge >= 0.3 is 0 Å². The Bertz CT molecular complexity index is 1340. The molecule has 4 rings (SSSR count). The van der Waals surface area contributed by atoms with Crippen LogP contribution in [0, 0.1) is 16.0 Å². The van der Waals surface area contributed by atoms with E-state index < -0.39 is 4.92 Å². The SMILES string of the molecule is CC[C@H](C)[C@@H](CNCc1cccc2ccccc12)NC(=O)Cc1cncn1Cc1ccc([N+](=O)[O-])cc1. The van der Waals surface area contributed by atoms with Crippen LogP contribution in [0.4, 0.5) is 5.69 Å². The molecule has 1 aromatic heterocycles. The van der Waals surface area contributed by atoms with Crippen LogP contribution in [0.2, 0.25) is 0 Å². The number of benzene rings is 3. The highest BCUT2D eigenvalue weighted by atomic mass is 16.6. The Balaban J connectivity index is 1.35. The van der Waals surface area contributed by atoms with Gasteiger partial charge in [0, 0.05) is 49.7 Å². The number of fused-ring (bicyclic) bond motifs is 1. The predicted molar refractivity (Wildman–Crippen MR) is 145 cm³/mol. The van der Waals surface area contributed by atoms with E-state index in [4.69, 9.17) is 0 Å². The molecule has 8 nitrogen and oxygen atoms in total. The van der Waals surface area contributed by atoms with E-state index in [9.17, 15) is 14.9 Å². The first-order chi connectivity index (χ1) is 17.9. The molecular weight excluding hydrogens is 466 g/mol. The van der Waals surface area contributed by atoms with Crippen LogP contribution in [0.25, 0.3) is 10.8 Å². The van der Waals surface area contributed by atoms with Gasteiger partial charge in [0.1, 0.15) is 0 Å². The average molecular weight is 500 g/mol. The smallest absolute Gasteiger partial charge is 0.269 e. The van der Waals surface area contributed by atoms with E-state index >= 15 is 0 Å². The molecule has 0 saturated carbocycles. The van der Waals surface area contributed by atoms with Crippen molar-refractivity contribution in [1.82, 2.24) is 20.2 Å². The lowest BCUT2D eigenvalue weighted by Crippen LogP contribution is -2.46. The van der Waals surface area contributed by atoms with Gasteiger partial charge < -0.3 is 15.2 Å². The number of nitrogens with one attached hydrogen (secondary N) is 2. The maximum absolute atomic E-state index is 13.0. The van der Waals surface area contributed by atoms with Crippen LogP contribution >= 0.6 is 0 Å². The first kappa shape index (κ1) is 26.0.